The van der Waals surface area contributed by atoms with E-state index in [1.54, 1.807) is 31.5 Å². The number of hydrogen-bond acceptors (Lipinski definition) is 5. The molecule has 0 bridgehead atoms. The summed E-state index contributed by atoms with van der Waals surface area (Å²) >= 11 is 1.06. The lowest BCUT2D eigenvalue weighted by Gasteiger charge is -2.25. The molecule has 2 aromatic rings. The molecule has 0 radical (unpaired) electrons. The van der Waals surface area contributed by atoms with Crippen LogP contribution in [0.1, 0.15) is 24.2 Å². The van der Waals surface area contributed by atoms with E-state index in [2.05, 4.69) is 0 Å². The minimum Gasteiger partial charge on any atom is -0.337 e. The second-order valence-electron chi connectivity index (χ2n) is 5.52. The predicted molar refractivity (Wildman–Crippen MR) is 92.3 cm³/mol. The van der Waals surface area contributed by atoms with Crippen molar-refractivity contribution in [3.63, 3.8) is 0 Å². The first-order valence-electron chi connectivity index (χ1n) is 7.14. The highest BCUT2D eigenvalue weighted by molar-refractivity contribution is 7.89. The first kappa shape index (κ1) is 18.4. The number of likely N-dealkylation sites (N-methyl/N-ethyl adjacent to an activating group) is 1. The number of nitrogens with two attached hydrogens (primary N) is 1. The predicted octanol–water partition coefficient (Wildman–Crippen LogP) is 1.09. The van der Waals surface area contributed by atoms with E-state index in [-0.39, 0.29) is 28.3 Å². The molecule has 9 heteroatoms. The molecular weight excluding hydrogens is 350 g/mol. The van der Waals surface area contributed by atoms with Crippen molar-refractivity contribution in [1.29, 1.82) is 0 Å². The Kier molecular flexibility index (Phi) is 5.26. The van der Waals surface area contributed by atoms with E-state index in [1.807, 2.05) is 6.92 Å². The molecule has 1 atom stereocenters. The molecule has 7 nitrogen and oxygen atoms in total. The fourth-order valence-corrected chi connectivity index (χ4v) is 3.47. The fraction of sp³-hybridized carbons (Fsp3) is 0.333. The molecular formula is C15H19N3O4S2. The molecule has 2 rings (SSSR count). The van der Waals surface area contributed by atoms with Gasteiger partial charge in [0.05, 0.1) is 10.9 Å². The molecule has 0 aliphatic carbocycles. The third-order valence-electron chi connectivity index (χ3n) is 3.94. The van der Waals surface area contributed by atoms with E-state index < -0.39 is 10.0 Å². The summed E-state index contributed by atoms with van der Waals surface area (Å²) in [6.45, 7) is 3.58. The molecule has 1 aromatic carbocycles. The summed E-state index contributed by atoms with van der Waals surface area (Å²) in [6, 6.07) is 5.79. The van der Waals surface area contributed by atoms with E-state index >= 15 is 0 Å². The van der Waals surface area contributed by atoms with Crippen molar-refractivity contribution in [2.24, 2.45) is 5.14 Å². The van der Waals surface area contributed by atoms with Crippen LogP contribution in [0.4, 0.5) is 0 Å². The first-order chi connectivity index (χ1) is 11.1. The monoisotopic (exact) mass is 369 g/mol. The summed E-state index contributed by atoms with van der Waals surface area (Å²) in [5, 5.41) is 6.78. The van der Waals surface area contributed by atoms with Crippen LogP contribution >= 0.6 is 11.3 Å². The second-order valence-corrected chi connectivity index (χ2v) is 7.91. The summed E-state index contributed by atoms with van der Waals surface area (Å²) in [5.74, 6) is -0.207. The molecule has 1 heterocycles. The topological polar surface area (TPSA) is 102 Å². The summed E-state index contributed by atoms with van der Waals surface area (Å²) in [7, 11) is -2.10. The van der Waals surface area contributed by atoms with Crippen LogP contribution in [0.15, 0.2) is 39.3 Å². The molecule has 0 saturated carbocycles. The molecule has 0 aliphatic rings. The number of amides is 1. The third kappa shape index (κ3) is 3.92. The van der Waals surface area contributed by atoms with Crippen molar-refractivity contribution < 1.29 is 13.2 Å². The van der Waals surface area contributed by atoms with Crippen molar-refractivity contribution in [2.75, 3.05) is 7.05 Å². The summed E-state index contributed by atoms with van der Waals surface area (Å²) in [4.78, 5) is 25.5. The molecule has 0 unspecified atom stereocenters. The quantitative estimate of drug-likeness (QED) is 0.852. The number of primary sulfonamides is 1. The van der Waals surface area contributed by atoms with Gasteiger partial charge in [0.15, 0.2) is 0 Å². The van der Waals surface area contributed by atoms with Crippen molar-refractivity contribution in [3.8, 4) is 0 Å². The Balaban J connectivity index is 2.15. The Morgan fingerprint density at radius 3 is 2.38 bits per heavy atom. The molecule has 0 fully saturated rings. The lowest BCUT2D eigenvalue weighted by molar-refractivity contribution is -0.132. The SMILES string of the molecule is Cc1csc(=O)n1CC(=O)N(C)[C@@H](C)c1ccc(S(N)(=O)=O)cc1. The first-order valence-corrected chi connectivity index (χ1v) is 9.57. The van der Waals surface area contributed by atoms with E-state index in [4.69, 9.17) is 5.14 Å². The van der Waals surface area contributed by atoms with Crippen molar-refractivity contribution in [3.05, 3.63) is 50.6 Å². The molecule has 24 heavy (non-hydrogen) atoms. The largest absolute Gasteiger partial charge is 0.337 e. The summed E-state index contributed by atoms with van der Waals surface area (Å²) < 4.78 is 24.0. The third-order valence-corrected chi connectivity index (χ3v) is 5.75. The van der Waals surface area contributed by atoms with Gasteiger partial charge in [-0.2, -0.15) is 0 Å². The van der Waals surface area contributed by atoms with Gasteiger partial charge in [-0.1, -0.05) is 23.5 Å². The van der Waals surface area contributed by atoms with Gasteiger partial charge in [-0.3, -0.25) is 14.2 Å². The van der Waals surface area contributed by atoms with Crippen LogP contribution in [0.5, 0.6) is 0 Å². The van der Waals surface area contributed by atoms with Gasteiger partial charge in [0.25, 0.3) is 0 Å². The number of hydrogen-bond donors (Lipinski definition) is 1. The number of nitrogens with zero attached hydrogens (tertiary/aromatic N) is 2. The lowest BCUT2D eigenvalue weighted by atomic mass is 10.1. The number of carbonyl (C=O) groups is 1. The number of carbonyl (C=O) groups excluding carboxylic acids is 1. The van der Waals surface area contributed by atoms with Gasteiger partial charge < -0.3 is 4.90 Å². The smallest absolute Gasteiger partial charge is 0.307 e. The van der Waals surface area contributed by atoms with Crippen LogP contribution < -0.4 is 10.0 Å². The van der Waals surface area contributed by atoms with Gasteiger partial charge in [-0.15, -0.1) is 0 Å². The minimum atomic E-state index is -3.74. The number of aryl methyl sites for hydroxylation is 1. The Hall–Kier alpha value is -1.97. The minimum absolute atomic E-state index is 0.0212. The molecule has 130 valence electrons. The highest BCUT2D eigenvalue weighted by Gasteiger charge is 2.19. The number of thiazole rings is 1. The zero-order chi connectivity index (χ0) is 18.1. The van der Waals surface area contributed by atoms with Crippen LogP contribution in [0.3, 0.4) is 0 Å². The van der Waals surface area contributed by atoms with Crippen LogP contribution in [-0.4, -0.2) is 30.8 Å². The van der Waals surface area contributed by atoms with Gasteiger partial charge in [0, 0.05) is 18.1 Å². The lowest BCUT2D eigenvalue weighted by Crippen LogP contribution is -2.34. The van der Waals surface area contributed by atoms with Crippen LogP contribution in [0.25, 0.3) is 0 Å². The standard InChI is InChI=1S/C15H19N3O4S2/c1-10-9-23-15(20)18(10)8-14(19)17(3)11(2)12-4-6-13(7-5-12)24(16,21)22/h4-7,9,11H,8H2,1-3H3,(H2,16,21,22)/t11-/m0/s1. The number of sulfonamides is 1. The molecule has 1 amide bonds. The van der Waals surface area contributed by atoms with Gasteiger partial charge in [0.1, 0.15) is 6.54 Å². The highest BCUT2D eigenvalue weighted by Crippen LogP contribution is 2.20. The summed E-state index contributed by atoms with van der Waals surface area (Å²) in [5.41, 5.74) is 1.52. The van der Waals surface area contributed by atoms with Gasteiger partial charge in [-0.25, -0.2) is 13.6 Å². The maximum atomic E-state index is 12.4. The zero-order valence-electron chi connectivity index (χ0n) is 13.6. The Morgan fingerprint density at radius 2 is 1.92 bits per heavy atom. The van der Waals surface area contributed by atoms with Crippen molar-refractivity contribution >= 4 is 27.3 Å². The fourth-order valence-electron chi connectivity index (χ4n) is 2.22. The Bertz CT molecular complexity index is 898. The van der Waals surface area contributed by atoms with E-state index in [0.29, 0.717) is 0 Å². The normalized spacial score (nSPS) is 12.8. The van der Waals surface area contributed by atoms with Crippen LogP contribution in [0, 0.1) is 6.92 Å². The van der Waals surface area contributed by atoms with Crippen LogP contribution in [0.2, 0.25) is 0 Å². The zero-order valence-corrected chi connectivity index (χ0v) is 15.2. The number of rotatable bonds is 5. The second kappa shape index (κ2) is 6.88. The maximum absolute atomic E-state index is 12.4. The van der Waals surface area contributed by atoms with Gasteiger partial charge in [-0.05, 0) is 31.5 Å². The van der Waals surface area contributed by atoms with E-state index in [1.165, 1.54) is 21.6 Å². The van der Waals surface area contributed by atoms with Gasteiger partial charge >= 0.3 is 4.87 Å². The average molecular weight is 369 g/mol. The molecule has 0 aliphatic heterocycles. The summed E-state index contributed by atoms with van der Waals surface area (Å²) in [6.07, 6.45) is 0. The number of benzene rings is 1. The average Bonchev–Trinajstić information content (AvgIpc) is 2.84. The Morgan fingerprint density at radius 1 is 1.33 bits per heavy atom. The van der Waals surface area contributed by atoms with E-state index in [0.717, 1.165) is 22.6 Å². The molecule has 0 spiro atoms. The number of aromatic nitrogens is 1. The van der Waals surface area contributed by atoms with Crippen molar-refractivity contribution in [1.82, 2.24) is 9.47 Å². The molecule has 1 aromatic heterocycles. The van der Waals surface area contributed by atoms with E-state index in [9.17, 15) is 18.0 Å². The maximum Gasteiger partial charge on any atom is 0.307 e. The molecule has 0 saturated heterocycles. The highest BCUT2D eigenvalue weighted by atomic mass is 32.2. The van der Waals surface area contributed by atoms with Crippen molar-refractivity contribution in [2.45, 2.75) is 31.3 Å². The Labute approximate surface area is 144 Å². The van der Waals surface area contributed by atoms with Crippen LogP contribution in [-0.2, 0) is 21.4 Å². The van der Waals surface area contributed by atoms with Gasteiger partial charge in [0.2, 0.25) is 15.9 Å². The molecule has 2 N–H and O–H groups in total.